The first-order valence-corrected chi connectivity index (χ1v) is 15.2. The SMILES string of the molecule is C.CCC(C(=O)N(C)[C@@H](C)[C@@H](O)c1ccccc1)c1cc(OC)c(OC)c(OC)c1.CC[C@@H](C(=O)O)c1cc(C)c(OC)c(OC)c1. The van der Waals surface area contributed by atoms with Gasteiger partial charge in [-0.2, -0.15) is 0 Å². The zero-order valence-electron chi connectivity index (χ0n) is 28.6. The summed E-state index contributed by atoms with van der Waals surface area (Å²) in [5.74, 6) is 0.915. The molecule has 0 aromatic heterocycles. The van der Waals surface area contributed by atoms with E-state index in [4.69, 9.17) is 28.8 Å². The first kappa shape index (κ1) is 40.6. The zero-order chi connectivity index (χ0) is 34.6. The van der Waals surface area contributed by atoms with E-state index in [0.717, 1.165) is 22.3 Å². The maximum atomic E-state index is 13.3. The normalized spacial score (nSPS) is 12.9. The summed E-state index contributed by atoms with van der Waals surface area (Å²) in [5, 5.41) is 19.9. The van der Waals surface area contributed by atoms with Gasteiger partial charge in [-0.1, -0.05) is 57.7 Å². The molecule has 10 heteroatoms. The first-order chi connectivity index (χ1) is 21.9. The number of carbonyl (C=O) groups is 2. The van der Waals surface area contributed by atoms with Crippen LogP contribution in [-0.2, 0) is 9.59 Å². The molecule has 0 radical (unpaired) electrons. The van der Waals surface area contributed by atoms with Crippen LogP contribution in [0.2, 0.25) is 0 Å². The van der Waals surface area contributed by atoms with E-state index in [1.807, 2.05) is 64.1 Å². The second kappa shape index (κ2) is 19.3. The van der Waals surface area contributed by atoms with Crippen LogP contribution in [0.15, 0.2) is 54.6 Å². The molecular weight excluding hydrogens is 602 g/mol. The summed E-state index contributed by atoms with van der Waals surface area (Å²) in [4.78, 5) is 26.0. The lowest BCUT2D eigenvalue weighted by molar-refractivity contribution is -0.139. The van der Waals surface area contributed by atoms with Crippen LogP contribution in [0.1, 0.15) is 81.2 Å². The number of nitrogens with zero attached hydrogens (tertiary/aromatic N) is 1. The number of methoxy groups -OCH3 is 5. The van der Waals surface area contributed by atoms with E-state index in [9.17, 15) is 14.7 Å². The van der Waals surface area contributed by atoms with Crippen LogP contribution in [0.3, 0.4) is 0 Å². The summed E-state index contributed by atoms with van der Waals surface area (Å²) in [5.41, 5.74) is 3.18. The molecule has 3 rings (SSSR count). The van der Waals surface area contributed by atoms with Crippen molar-refractivity contribution in [3.8, 4) is 28.7 Å². The van der Waals surface area contributed by atoms with Crippen LogP contribution in [0.25, 0.3) is 0 Å². The average molecular weight is 656 g/mol. The van der Waals surface area contributed by atoms with Crippen molar-refractivity contribution in [1.29, 1.82) is 0 Å². The van der Waals surface area contributed by atoms with Gasteiger partial charge in [0, 0.05) is 7.05 Å². The number of amides is 1. The molecule has 0 saturated heterocycles. The van der Waals surface area contributed by atoms with E-state index < -0.39 is 23.9 Å². The van der Waals surface area contributed by atoms with Crippen LogP contribution in [-0.4, -0.2) is 75.6 Å². The number of carbonyl (C=O) groups excluding carboxylic acids is 1. The Bertz CT molecular complexity index is 1400. The summed E-state index contributed by atoms with van der Waals surface area (Å²) in [7, 11) is 9.48. The number of hydrogen-bond donors (Lipinski definition) is 2. The van der Waals surface area contributed by atoms with Gasteiger partial charge in [0.2, 0.25) is 11.7 Å². The summed E-state index contributed by atoms with van der Waals surface area (Å²) >= 11 is 0. The number of carboxylic acid groups (broad SMARTS) is 1. The highest BCUT2D eigenvalue weighted by molar-refractivity contribution is 5.84. The van der Waals surface area contributed by atoms with Crippen LogP contribution in [0.4, 0.5) is 0 Å². The van der Waals surface area contributed by atoms with Crippen LogP contribution in [0.5, 0.6) is 28.7 Å². The first-order valence-electron chi connectivity index (χ1n) is 15.2. The van der Waals surface area contributed by atoms with E-state index in [1.165, 1.54) is 0 Å². The van der Waals surface area contributed by atoms with E-state index in [1.54, 1.807) is 65.7 Å². The third kappa shape index (κ3) is 9.78. The summed E-state index contributed by atoms with van der Waals surface area (Å²) in [6.07, 6.45) is 0.364. The zero-order valence-corrected chi connectivity index (χ0v) is 28.6. The summed E-state index contributed by atoms with van der Waals surface area (Å²) in [6.45, 7) is 7.53. The quantitative estimate of drug-likeness (QED) is 0.189. The highest BCUT2D eigenvalue weighted by Gasteiger charge is 2.30. The molecule has 0 fully saturated rings. The van der Waals surface area contributed by atoms with Crippen LogP contribution in [0, 0.1) is 6.92 Å². The van der Waals surface area contributed by atoms with Crippen LogP contribution < -0.4 is 23.7 Å². The van der Waals surface area contributed by atoms with Gasteiger partial charge in [0.1, 0.15) is 0 Å². The Kier molecular flexibility index (Phi) is 16.6. The molecule has 0 aliphatic carbocycles. The maximum absolute atomic E-state index is 13.3. The number of aliphatic hydroxyl groups is 1. The van der Waals surface area contributed by atoms with Crippen molar-refractivity contribution >= 4 is 11.9 Å². The molecule has 1 amide bonds. The average Bonchev–Trinajstić information content (AvgIpc) is 3.07. The van der Waals surface area contributed by atoms with Gasteiger partial charge in [0.25, 0.3) is 0 Å². The van der Waals surface area contributed by atoms with Crippen LogP contribution >= 0.6 is 0 Å². The minimum Gasteiger partial charge on any atom is -0.493 e. The van der Waals surface area contributed by atoms with E-state index in [-0.39, 0.29) is 19.4 Å². The Hall–Kier alpha value is -4.44. The highest BCUT2D eigenvalue weighted by atomic mass is 16.5. The molecule has 47 heavy (non-hydrogen) atoms. The summed E-state index contributed by atoms with van der Waals surface area (Å²) < 4.78 is 26.7. The number of rotatable bonds is 14. The van der Waals surface area contributed by atoms with Crippen molar-refractivity contribution in [2.24, 2.45) is 0 Å². The monoisotopic (exact) mass is 655 g/mol. The summed E-state index contributed by atoms with van der Waals surface area (Å²) in [6, 6.07) is 16.1. The fourth-order valence-corrected chi connectivity index (χ4v) is 5.38. The Morgan fingerprint density at radius 2 is 1.17 bits per heavy atom. The Balaban J connectivity index is 0.000000525. The predicted octanol–water partition coefficient (Wildman–Crippen LogP) is 7.01. The lowest BCUT2D eigenvalue weighted by Crippen LogP contribution is -2.41. The predicted molar refractivity (Wildman–Crippen MR) is 184 cm³/mol. The smallest absolute Gasteiger partial charge is 0.310 e. The van der Waals surface area contributed by atoms with Crippen molar-refractivity contribution in [2.75, 3.05) is 42.6 Å². The molecule has 260 valence electrons. The second-order valence-electron chi connectivity index (χ2n) is 10.8. The van der Waals surface area contributed by atoms with Gasteiger partial charge in [-0.25, -0.2) is 0 Å². The largest absolute Gasteiger partial charge is 0.493 e. The standard InChI is InChI=1S/C23H31NO5.C13H18O4.CH4/c1-7-18(17-13-19(27-4)22(29-6)20(14-17)28-5)23(26)24(3)15(2)21(25)16-11-9-8-10-12-16;1-5-10(13(14)15)9-6-8(2)12(17-4)11(7-9)16-3;/h8-15,18,21,25H,7H2,1-6H3;6-7,10H,5H2,1-4H3,(H,14,15);1H4/t15-,18?,21+;10-;/m01./s1. The lowest BCUT2D eigenvalue weighted by Gasteiger charge is -2.32. The molecule has 2 N–H and O–H groups in total. The van der Waals surface area contributed by atoms with Gasteiger partial charge in [-0.15, -0.1) is 0 Å². The maximum Gasteiger partial charge on any atom is 0.310 e. The molecule has 4 atom stereocenters. The number of likely N-dealkylation sites (N-methyl/N-ethyl adjacent to an activating group) is 1. The van der Waals surface area contributed by atoms with Gasteiger partial charge in [0.15, 0.2) is 23.0 Å². The Labute approximate surface area is 280 Å². The topological polar surface area (TPSA) is 124 Å². The van der Waals surface area contributed by atoms with Gasteiger partial charge >= 0.3 is 5.97 Å². The third-order valence-electron chi connectivity index (χ3n) is 8.15. The van der Waals surface area contributed by atoms with E-state index in [2.05, 4.69) is 0 Å². The second-order valence-corrected chi connectivity index (χ2v) is 10.8. The minimum atomic E-state index is -0.820. The number of hydrogen-bond acceptors (Lipinski definition) is 8. The van der Waals surface area contributed by atoms with Gasteiger partial charge in [-0.3, -0.25) is 9.59 Å². The number of carboxylic acids is 1. The van der Waals surface area contributed by atoms with Crippen molar-refractivity contribution < 1.29 is 43.5 Å². The van der Waals surface area contributed by atoms with Crippen molar-refractivity contribution in [3.05, 3.63) is 76.9 Å². The van der Waals surface area contributed by atoms with Gasteiger partial charge in [-0.05, 0) is 67.1 Å². The molecule has 0 aliphatic heterocycles. The molecule has 3 aromatic carbocycles. The molecule has 0 heterocycles. The lowest BCUT2D eigenvalue weighted by atomic mass is 9.93. The fraction of sp³-hybridized carbons (Fsp3) is 0.459. The number of aliphatic hydroxyl groups excluding tert-OH is 1. The molecular formula is C37H53NO9. The molecule has 0 bridgehead atoms. The van der Waals surface area contributed by atoms with Gasteiger partial charge in [0.05, 0.1) is 59.5 Å². The number of aliphatic carboxylic acids is 1. The third-order valence-corrected chi connectivity index (χ3v) is 8.15. The molecule has 3 aromatic rings. The number of aryl methyl sites for hydroxylation is 1. The molecule has 0 spiro atoms. The van der Waals surface area contributed by atoms with Gasteiger partial charge < -0.3 is 38.8 Å². The Morgan fingerprint density at radius 1 is 0.723 bits per heavy atom. The van der Waals surface area contributed by atoms with Crippen molar-refractivity contribution in [3.63, 3.8) is 0 Å². The molecule has 10 nitrogen and oxygen atoms in total. The molecule has 0 saturated carbocycles. The highest BCUT2D eigenvalue weighted by Crippen LogP contribution is 2.41. The minimum absolute atomic E-state index is 0. The van der Waals surface area contributed by atoms with Crippen molar-refractivity contribution in [2.45, 2.75) is 71.9 Å². The Morgan fingerprint density at radius 3 is 1.57 bits per heavy atom. The van der Waals surface area contributed by atoms with E-state index in [0.29, 0.717) is 41.6 Å². The fourth-order valence-electron chi connectivity index (χ4n) is 5.38. The van der Waals surface area contributed by atoms with E-state index >= 15 is 0 Å². The molecule has 1 unspecified atom stereocenters. The molecule has 0 aliphatic rings. The number of benzene rings is 3. The van der Waals surface area contributed by atoms with Crippen molar-refractivity contribution in [1.82, 2.24) is 4.90 Å². The number of ether oxygens (including phenoxy) is 5.